The summed E-state index contributed by atoms with van der Waals surface area (Å²) in [7, 11) is 0. The Labute approximate surface area is 73.8 Å². The summed E-state index contributed by atoms with van der Waals surface area (Å²) in [6, 6.07) is 3.67. The third-order valence-electron chi connectivity index (χ3n) is 1.57. The van der Waals surface area contributed by atoms with Crippen LogP contribution in [0.5, 0.6) is 5.75 Å². The van der Waals surface area contributed by atoms with Crippen molar-refractivity contribution < 1.29 is 14.8 Å². The zero-order valence-electron chi connectivity index (χ0n) is 6.81. The van der Waals surface area contributed by atoms with Crippen molar-refractivity contribution in [1.29, 1.82) is 0 Å². The number of rotatable bonds is 2. The van der Waals surface area contributed by atoms with E-state index in [-0.39, 0.29) is 5.56 Å². The summed E-state index contributed by atoms with van der Waals surface area (Å²) in [5.41, 5.74) is -0.707. The molecule has 1 rings (SSSR count). The van der Waals surface area contributed by atoms with Gasteiger partial charge >= 0.3 is 0 Å². The number of benzene rings is 1. The summed E-state index contributed by atoms with van der Waals surface area (Å²) >= 11 is 0. The Morgan fingerprint density at radius 2 is 2.08 bits per heavy atom. The molecule has 0 amide bonds. The lowest BCUT2D eigenvalue weighted by molar-refractivity contribution is -0.398. The van der Waals surface area contributed by atoms with Gasteiger partial charge < -0.3 is 5.11 Å². The third kappa shape index (κ3) is 1.64. The lowest BCUT2D eigenvalue weighted by atomic mass is 10.1. The predicted molar refractivity (Wildman–Crippen MR) is 42.5 cm³/mol. The number of Topliss-reactive ketones (excluding diaryl/α,β-unsaturated/α-hetero) is 1. The van der Waals surface area contributed by atoms with E-state index in [2.05, 4.69) is 0 Å². The molecule has 0 saturated carbocycles. The lowest BCUT2D eigenvalue weighted by Gasteiger charge is -2.09. The van der Waals surface area contributed by atoms with Crippen molar-refractivity contribution >= 4 is 11.5 Å². The van der Waals surface area contributed by atoms with E-state index in [4.69, 9.17) is 0 Å². The highest BCUT2D eigenvalue weighted by atomic mass is 16.6. The summed E-state index contributed by atoms with van der Waals surface area (Å²) in [6.45, 7) is 1.19. The highest BCUT2D eigenvalue weighted by Crippen LogP contribution is 2.26. The van der Waals surface area contributed by atoms with Gasteiger partial charge in [0, 0.05) is 11.6 Å². The van der Waals surface area contributed by atoms with Crippen LogP contribution >= 0.6 is 0 Å². The van der Waals surface area contributed by atoms with Crippen LogP contribution in [0.2, 0.25) is 0 Å². The fourth-order valence-corrected chi connectivity index (χ4v) is 0.946. The van der Waals surface area contributed by atoms with Crippen LogP contribution in [0.15, 0.2) is 18.2 Å². The van der Waals surface area contributed by atoms with Gasteiger partial charge in [0.15, 0.2) is 5.78 Å². The second-order valence-electron chi connectivity index (χ2n) is 2.47. The molecule has 0 aliphatic heterocycles. The molecule has 0 atom stereocenters. The van der Waals surface area contributed by atoms with Crippen molar-refractivity contribution in [3.8, 4) is 5.75 Å². The largest absolute Gasteiger partial charge is 0.867 e. The SMILES string of the molecule is CC(=O)c1cccc([N+](=O)[O-])c1[O-]. The predicted octanol–water partition coefficient (Wildman–Crippen LogP) is 0.871. The molecule has 0 aliphatic rings. The van der Waals surface area contributed by atoms with Gasteiger partial charge in [-0.05, 0) is 12.7 Å². The fraction of sp³-hybridized carbons (Fsp3) is 0.125. The van der Waals surface area contributed by atoms with Crippen LogP contribution in [0.4, 0.5) is 5.69 Å². The van der Waals surface area contributed by atoms with Gasteiger partial charge in [-0.25, -0.2) is 0 Å². The van der Waals surface area contributed by atoms with E-state index in [0.29, 0.717) is 0 Å². The first-order valence-electron chi connectivity index (χ1n) is 3.49. The molecular weight excluding hydrogens is 174 g/mol. The molecule has 68 valence electrons. The average molecular weight is 180 g/mol. The summed E-state index contributed by atoms with van der Waals surface area (Å²) in [5.74, 6) is -1.28. The normalized spacial score (nSPS) is 9.62. The number of ketones is 1. The fourth-order valence-electron chi connectivity index (χ4n) is 0.946. The van der Waals surface area contributed by atoms with Crippen LogP contribution in [0.25, 0.3) is 0 Å². The van der Waals surface area contributed by atoms with E-state index in [1.165, 1.54) is 19.1 Å². The van der Waals surface area contributed by atoms with Gasteiger partial charge in [-0.2, -0.15) is 0 Å². The Morgan fingerprint density at radius 3 is 2.54 bits per heavy atom. The zero-order valence-corrected chi connectivity index (χ0v) is 6.81. The van der Waals surface area contributed by atoms with Crippen LogP contribution in [0.1, 0.15) is 17.3 Å². The summed E-state index contributed by atoms with van der Waals surface area (Å²) in [4.78, 5) is 20.3. The van der Waals surface area contributed by atoms with Gasteiger partial charge in [-0.1, -0.05) is 12.1 Å². The number of hydrogen-bond donors (Lipinski definition) is 0. The Balaban J connectivity index is 3.35. The van der Waals surface area contributed by atoms with Gasteiger partial charge in [0.05, 0.1) is 4.92 Å². The van der Waals surface area contributed by atoms with E-state index >= 15 is 0 Å². The van der Waals surface area contributed by atoms with Gasteiger partial charge in [-0.3, -0.25) is 14.9 Å². The molecule has 0 radical (unpaired) electrons. The van der Waals surface area contributed by atoms with Crippen LogP contribution in [-0.4, -0.2) is 10.7 Å². The topological polar surface area (TPSA) is 83.3 Å². The van der Waals surface area contributed by atoms with Crippen molar-refractivity contribution in [2.24, 2.45) is 0 Å². The lowest BCUT2D eigenvalue weighted by Crippen LogP contribution is -2.04. The Morgan fingerprint density at radius 1 is 1.46 bits per heavy atom. The van der Waals surface area contributed by atoms with E-state index in [0.717, 1.165) is 6.07 Å². The van der Waals surface area contributed by atoms with Crippen LogP contribution in [-0.2, 0) is 0 Å². The number of nitrogens with zero attached hydrogens (tertiary/aromatic N) is 1. The molecular formula is C8H6NO4-. The van der Waals surface area contributed by atoms with Gasteiger partial charge in [-0.15, -0.1) is 0 Å². The molecule has 1 aromatic carbocycles. The van der Waals surface area contributed by atoms with Gasteiger partial charge in [0.25, 0.3) is 5.69 Å². The highest BCUT2D eigenvalue weighted by molar-refractivity contribution is 5.97. The Bertz CT molecular complexity index is 340. The summed E-state index contributed by atoms with van der Waals surface area (Å²) in [6.07, 6.45) is 0. The first-order valence-corrected chi connectivity index (χ1v) is 3.49. The highest BCUT2D eigenvalue weighted by Gasteiger charge is 2.11. The molecule has 0 spiro atoms. The van der Waals surface area contributed by atoms with Crippen molar-refractivity contribution in [2.75, 3.05) is 0 Å². The summed E-state index contributed by atoms with van der Waals surface area (Å²) < 4.78 is 0. The number of nitro groups is 1. The maximum absolute atomic E-state index is 11.2. The minimum Gasteiger partial charge on any atom is -0.867 e. The molecule has 0 saturated heterocycles. The van der Waals surface area contributed by atoms with Crippen molar-refractivity contribution in [1.82, 2.24) is 0 Å². The molecule has 5 heteroatoms. The number of carbonyl (C=O) groups is 1. The molecule has 0 aromatic heterocycles. The number of hydrogen-bond acceptors (Lipinski definition) is 4. The van der Waals surface area contributed by atoms with Crippen LogP contribution < -0.4 is 5.11 Å². The molecule has 0 N–H and O–H groups in total. The van der Waals surface area contributed by atoms with E-state index in [1.807, 2.05) is 0 Å². The van der Waals surface area contributed by atoms with Crippen molar-refractivity contribution in [3.05, 3.63) is 33.9 Å². The molecule has 0 aliphatic carbocycles. The molecule has 0 fully saturated rings. The number of nitro benzene ring substituents is 1. The monoisotopic (exact) mass is 180 g/mol. The second-order valence-corrected chi connectivity index (χ2v) is 2.47. The summed E-state index contributed by atoms with van der Waals surface area (Å²) in [5, 5.41) is 21.5. The molecule has 5 nitrogen and oxygen atoms in total. The molecule has 0 bridgehead atoms. The Hall–Kier alpha value is -1.91. The maximum atomic E-state index is 11.2. The van der Waals surface area contributed by atoms with E-state index in [1.54, 1.807) is 0 Å². The maximum Gasteiger partial charge on any atom is 0.262 e. The molecule has 1 aromatic rings. The minimum absolute atomic E-state index is 0.144. The number of carbonyl (C=O) groups excluding carboxylic acids is 1. The average Bonchev–Trinajstić information content (AvgIpc) is 2.03. The second kappa shape index (κ2) is 3.22. The first kappa shape index (κ1) is 9.18. The van der Waals surface area contributed by atoms with Crippen molar-refractivity contribution in [3.63, 3.8) is 0 Å². The standard InChI is InChI=1S/C8H7NO4/c1-5(10)6-3-2-4-7(8(6)11)9(12)13/h2-4,11H,1H3/p-1. The molecule has 0 heterocycles. The molecule has 13 heavy (non-hydrogen) atoms. The minimum atomic E-state index is -0.819. The molecule has 0 unspecified atom stereocenters. The van der Waals surface area contributed by atoms with Gasteiger partial charge in [0.1, 0.15) is 0 Å². The van der Waals surface area contributed by atoms with E-state index < -0.39 is 22.1 Å². The Kier molecular flexibility index (Phi) is 2.27. The zero-order chi connectivity index (χ0) is 10.0. The van der Waals surface area contributed by atoms with Crippen molar-refractivity contribution in [2.45, 2.75) is 6.92 Å². The van der Waals surface area contributed by atoms with Gasteiger partial charge in [0.2, 0.25) is 0 Å². The van der Waals surface area contributed by atoms with Crippen LogP contribution in [0, 0.1) is 10.1 Å². The number of para-hydroxylation sites is 1. The smallest absolute Gasteiger partial charge is 0.262 e. The first-order chi connectivity index (χ1) is 6.04. The van der Waals surface area contributed by atoms with E-state index in [9.17, 15) is 20.0 Å². The quantitative estimate of drug-likeness (QED) is 0.384. The third-order valence-corrected chi connectivity index (χ3v) is 1.57. The van der Waals surface area contributed by atoms with Crippen LogP contribution in [0.3, 0.4) is 0 Å².